The Morgan fingerprint density at radius 3 is 2.82 bits per heavy atom. The van der Waals surface area contributed by atoms with Crippen LogP contribution in [0.4, 0.5) is 11.5 Å². The van der Waals surface area contributed by atoms with Gasteiger partial charge in [0.2, 0.25) is 0 Å². The number of unbranched alkanes of at least 4 members (excludes halogenated alkanes) is 2. The average molecular weight is 362 g/mol. The highest BCUT2D eigenvalue weighted by Gasteiger charge is 2.09. The van der Waals surface area contributed by atoms with Gasteiger partial charge in [-0.2, -0.15) is 0 Å². The first-order valence-electron chi connectivity index (χ1n) is 7.46. The van der Waals surface area contributed by atoms with E-state index in [0.717, 1.165) is 28.9 Å². The largest absolute Gasteiger partial charge is 0.370 e. The highest BCUT2D eigenvalue weighted by molar-refractivity contribution is 9.10. The van der Waals surface area contributed by atoms with Gasteiger partial charge in [-0.05, 0) is 46.6 Å². The summed E-state index contributed by atoms with van der Waals surface area (Å²) in [6.07, 6.45) is 5.13. The summed E-state index contributed by atoms with van der Waals surface area (Å²) in [6, 6.07) is 11.0. The summed E-state index contributed by atoms with van der Waals surface area (Å²) < 4.78 is 0.857. The zero-order valence-corrected chi connectivity index (χ0v) is 14.2. The number of hydrogen-bond acceptors (Lipinski definition) is 3. The molecule has 0 unspecified atom stereocenters. The first kappa shape index (κ1) is 16.5. The fraction of sp³-hybridized carbons (Fsp3) is 0.294. The number of pyridine rings is 1. The highest BCUT2D eigenvalue weighted by Crippen LogP contribution is 2.22. The van der Waals surface area contributed by atoms with Gasteiger partial charge >= 0.3 is 0 Å². The van der Waals surface area contributed by atoms with Crippen molar-refractivity contribution in [1.82, 2.24) is 4.98 Å². The molecule has 2 aromatic rings. The van der Waals surface area contributed by atoms with E-state index >= 15 is 0 Å². The second-order valence-corrected chi connectivity index (χ2v) is 5.85. The Hall–Kier alpha value is -1.88. The highest BCUT2D eigenvalue weighted by atomic mass is 79.9. The Morgan fingerprint density at radius 2 is 2.05 bits per heavy atom. The van der Waals surface area contributed by atoms with Gasteiger partial charge in [0.15, 0.2) is 0 Å². The van der Waals surface area contributed by atoms with Crippen molar-refractivity contribution in [3.63, 3.8) is 0 Å². The van der Waals surface area contributed by atoms with Crippen LogP contribution in [0.25, 0.3) is 0 Å². The average Bonchev–Trinajstić information content (AvgIpc) is 2.54. The summed E-state index contributed by atoms with van der Waals surface area (Å²) >= 11 is 3.42. The number of para-hydroxylation sites is 1. The van der Waals surface area contributed by atoms with Gasteiger partial charge in [-0.1, -0.05) is 31.9 Å². The molecule has 116 valence electrons. The van der Waals surface area contributed by atoms with Gasteiger partial charge in [0.25, 0.3) is 5.91 Å². The zero-order chi connectivity index (χ0) is 15.8. The quantitative estimate of drug-likeness (QED) is 0.702. The lowest BCUT2D eigenvalue weighted by Crippen LogP contribution is -2.13. The number of halogens is 1. The van der Waals surface area contributed by atoms with Crippen LogP contribution in [0, 0.1) is 0 Å². The van der Waals surface area contributed by atoms with Gasteiger partial charge in [-0.25, -0.2) is 4.98 Å². The van der Waals surface area contributed by atoms with Crippen LogP contribution in [-0.4, -0.2) is 17.4 Å². The molecule has 2 N–H and O–H groups in total. The molecule has 0 saturated carbocycles. The molecule has 0 spiro atoms. The zero-order valence-electron chi connectivity index (χ0n) is 12.6. The van der Waals surface area contributed by atoms with E-state index in [0.29, 0.717) is 5.56 Å². The minimum atomic E-state index is -0.147. The molecule has 1 heterocycles. The van der Waals surface area contributed by atoms with Gasteiger partial charge in [-0.3, -0.25) is 4.79 Å². The summed E-state index contributed by atoms with van der Waals surface area (Å²) in [4.78, 5) is 16.6. The number of anilines is 2. The molecule has 22 heavy (non-hydrogen) atoms. The van der Waals surface area contributed by atoms with E-state index < -0.39 is 0 Å². The molecule has 5 heteroatoms. The van der Waals surface area contributed by atoms with Gasteiger partial charge in [0, 0.05) is 22.8 Å². The lowest BCUT2D eigenvalue weighted by atomic mass is 10.2. The minimum Gasteiger partial charge on any atom is -0.370 e. The second kappa shape index (κ2) is 8.54. The molecule has 2 rings (SSSR count). The number of amides is 1. The number of carbonyl (C=O) groups is 1. The second-order valence-electron chi connectivity index (χ2n) is 5.00. The predicted molar refractivity (Wildman–Crippen MR) is 94.3 cm³/mol. The maximum Gasteiger partial charge on any atom is 0.255 e. The molecular formula is C17H20BrN3O. The summed E-state index contributed by atoms with van der Waals surface area (Å²) in [5.74, 6) is 0.585. The van der Waals surface area contributed by atoms with Crippen molar-refractivity contribution in [2.24, 2.45) is 0 Å². The lowest BCUT2D eigenvalue weighted by molar-refractivity contribution is 0.102. The molecule has 4 nitrogen and oxygen atoms in total. The Labute approximate surface area is 139 Å². The summed E-state index contributed by atoms with van der Waals surface area (Å²) in [5.41, 5.74) is 1.34. The van der Waals surface area contributed by atoms with Gasteiger partial charge < -0.3 is 10.6 Å². The van der Waals surface area contributed by atoms with Crippen LogP contribution in [0.15, 0.2) is 47.1 Å². The van der Waals surface area contributed by atoms with Crippen molar-refractivity contribution in [3.05, 3.63) is 52.6 Å². The minimum absolute atomic E-state index is 0.147. The first-order chi connectivity index (χ1) is 10.7. The number of hydrogen-bond donors (Lipinski definition) is 2. The summed E-state index contributed by atoms with van der Waals surface area (Å²) in [7, 11) is 0. The van der Waals surface area contributed by atoms with Crippen molar-refractivity contribution in [2.45, 2.75) is 26.2 Å². The molecule has 0 atom stereocenters. The normalized spacial score (nSPS) is 10.3. The monoisotopic (exact) mass is 361 g/mol. The van der Waals surface area contributed by atoms with Gasteiger partial charge in [-0.15, -0.1) is 0 Å². The maximum atomic E-state index is 12.3. The van der Waals surface area contributed by atoms with E-state index in [1.807, 2.05) is 24.3 Å². The predicted octanol–water partition coefficient (Wildman–Crippen LogP) is 4.70. The Bertz CT molecular complexity index is 631. The summed E-state index contributed by atoms with van der Waals surface area (Å²) in [6.45, 7) is 3.04. The van der Waals surface area contributed by atoms with Crippen molar-refractivity contribution in [2.75, 3.05) is 17.2 Å². The molecule has 0 aliphatic heterocycles. The van der Waals surface area contributed by atoms with E-state index in [2.05, 4.69) is 38.5 Å². The Kier molecular flexibility index (Phi) is 6.40. The van der Waals surface area contributed by atoms with Crippen LogP contribution >= 0.6 is 15.9 Å². The molecule has 0 aliphatic carbocycles. The van der Waals surface area contributed by atoms with E-state index in [1.165, 1.54) is 12.8 Å². The molecule has 1 aromatic carbocycles. The van der Waals surface area contributed by atoms with E-state index in [1.54, 1.807) is 18.3 Å². The standard InChI is InChI=1S/C17H20BrN3O/c1-2-3-6-10-19-16-12-13(9-11-20-16)17(22)21-15-8-5-4-7-14(15)18/h4-5,7-9,11-12H,2-3,6,10H2,1H3,(H,19,20)(H,21,22). The van der Waals surface area contributed by atoms with Crippen LogP contribution in [0.2, 0.25) is 0 Å². The maximum absolute atomic E-state index is 12.3. The molecular weight excluding hydrogens is 342 g/mol. The van der Waals surface area contributed by atoms with E-state index in [9.17, 15) is 4.79 Å². The van der Waals surface area contributed by atoms with Gasteiger partial charge in [0.05, 0.1) is 5.69 Å². The molecule has 0 saturated heterocycles. The molecule has 0 radical (unpaired) electrons. The third kappa shape index (κ3) is 4.84. The Balaban J connectivity index is 1.99. The van der Waals surface area contributed by atoms with E-state index in [4.69, 9.17) is 0 Å². The molecule has 0 bridgehead atoms. The van der Waals surface area contributed by atoms with Crippen LogP contribution in [0.5, 0.6) is 0 Å². The third-order valence-corrected chi connectivity index (χ3v) is 3.92. The fourth-order valence-corrected chi connectivity index (χ4v) is 2.40. The van der Waals surface area contributed by atoms with Gasteiger partial charge in [0.1, 0.15) is 5.82 Å². The lowest BCUT2D eigenvalue weighted by Gasteiger charge is -2.09. The van der Waals surface area contributed by atoms with Crippen molar-refractivity contribution in [3.8, 4) is 0 Å². The van der Waals surface area contributed by atoms with Crippen LogP contribution in [0.3, 0.4) is 0 Å². The van der Waals surface area contributed by atoms with E-state index in [-0.39, 0.29) is 5.91 Å². The number of rotatable bonds is 7. The number of nitrogens with zero attached hydrogens (tertiary/aromatic N) is 1. The van der Waals surface area contributed by atoms with Crippen molar-refractivity contribution >= 4 is 33.3 Å². The van der Waals surface area contributed by atoms with Crippen molar-refractivity contribution in [1.29, 1.82) is 0 Å². The molecule has 1 aromatic heterocycles. The molecule has 0 aliphatic rings. The number of aromatic nitrogens is 1. The first-order valence-corrected chi connectivity index (χ1v) is 8.26. The SMILES string of the molecule is CCCCCNc1cc(C(=O)Nc2ccccc2Br)ccn1. The Morgan fingerprint density at radius 1 is 1.23 bits per heavy atom. The third-order valence-electron chi connectivity index (χ3n) is 3.23. The topological polar surface area (TPSA) is 54.0 Å². The smallest absolute Gasteiger partial charge is 0.255 e. The van der Waals surface area contributed by atoms with Crippen LogP contribution in [0.1, 0.15) is 36.5 Å². The van der Waals surface area contributed by atoms with Crippen molar-refractivity contribution < 1.29 is 4.79 Å². The van der Waals surface area contributed by atoms with Crippen LogP contribution < -0.4 is 10.6 Å². The van der Waals surface area contributed by atoms with Crippen LogP contribution in [-0.2, 0) is 0 Å². The number of benzene rings is 1. The molecule has 1 amide bonds. The fourth-order valence-electron chi connectivity index (χ4n) is 2.02. The molecule has 0 fully saturated rings. The number of carbonyl (C=O) groups excluding carboxylic acids is 1. The summed E-state index contributed by atoms with van der Waals surface area (Å²) in [5, 5.41) is 6.14. The number of nitrogens with one attached hydrogen (secondary N) is 2.